The molecule has 14 nitrogen and oxygen atoms in total. The van der Waals surface area contributed by atoms with Crippen LogP contribution in [0.25, 0.3) is 31.8 Å². The van der Waals surface area contributed by atoms with Crippen molar-refractivity contribution in [3.05, 3.63) is 202 Å². The van der Waals surface area contributed by atoms with Gasteiger partial charge in [-0.05, 0) is 103 Å². The summed E-state index contributed by atoms with van der Waals surface area (Å²) < 4.78 is 67.0. The molecule has 6 aromatic carbocycles. The zero-order valence-corrected chi connectivity index (χ0v) is 34.4. The van der Waals surface area contributed by atoms with Crippen LogP contribution in [0.4, 0.5) is 61.1 Å². The molecule has 0 saturated heterocycles. The summed E-state index contributed by atoms with van der Waals surface area (Å²) in [4.78, 5) is 73.3. The molecule has 19 heteroatoms. The lowest BCUT2D eigenvalue weighted by Gasteiger charge is -2.11. The summed E-state index contributed by atoms with van der Waals surface area (Å²) in [7, 11) is 0. The third-order valence-corrected chi connectivity index (χ3v) is 9.15. The van der Waals surface area contributed by atoms with Crippen LogP contribution in [0.2, 0.25) is 0 Å². The maximum Gasteiger partial charge on any atom is 0.416 e. The normalized spacial score (nSPS) is 10.3. The monoisotopic (exact) mass is 920 g/mol. The van der Waals surface area contributed by atoms with E-state index in [9.17, 15) is 41.1 Å². The summed E-state index contributed by atoms with van der Waals surface area (Å²) in [6, 6.07) is 26.8. The van der Waals surface area contributed by atoms with Crippen molar-refractivity contribution in [1.29, 1.82) is 0 Å². The summed E-state index contributed by atoms with van der Waals surface area (Å²) in [6.45, 7) is 15.9. The first-order chi connectivity index (χ1) is 32.0. The van der Waals surface area contributed by atoms with E-state index in [1.165, 1.54) is 73.1 Å². The standard InChI is InChI=1S/C24H13F4N5O2.C16H9FN4O.C8H7NO.CH4/c1-29-21-12-30-19-8-5-13(9-20(19)33-21)22(34)17-7-6-16(11-18(17)25)32-23(35)31-15-4-2-3-14(10-15)24(26,27)28;1-19-15-8-20-13-5-2-9(6-14(13)21-15)16(22)11-4-3-10(18)7-12(11)17;1-7-3-2-4-8(5-7)9-6-10;/h2-12H,(H2,31,32,35);2-8H,18H2;2-5H,1H3;1H4. The number of halogens is 5. The molecule has 8 rings (SSSR count). The zero-order valence-electron chi connectivity index (χ0n) is 34.4. The fourth-order valence-electron chi connectivity index (χ4n) is 6.01. The molecule has 0 fully saturated rings. The number of rotatable bonds is 7. The van der Waals surface area contributed by atoms with Crippen LogP contribution in [0.5, 0.6) is 0 Å². The van der Waals surface area contributed by atoms with Gasteiger partial charge in [0.1, 0.15) is 22.7 Å². The van der Waals surface area contributed by atoms with Gasteiger partial charge in [0.2, 0.25) is 6.08 Å². The number of fused-ring (bicyclic) bond motifs is 2. The van der Waals surface area contributed by atoms with Crippen molar-refractivity contribution >= 4 is 80.1 Å². The van der Waals surface area contributed by atoms with Crippen LogP contribution in [0.3, 0.4) is 0 Å². The Morgan fingerprint density at radius 3 is 1.69 bits per heavy atom. The molecular formula is C49H33F5N10O4. The van der Waals surface area contributed by atoms with Crippen molar-refractivity contribution in [2.24, 2.45) is 4.99 Å². The molecule has 0 aliphatic heterocycles. The third kappa shape index (κ3) is 12.6. The minimum Gasteiger partial charge on any atom is -0.399 e. The highest BCUT2D eigenvalue weighted by molar-refractivity contribution is 6.11. The van der Waals surface area contributed by atoms with Crippen molar-refractivity contribution in [2.75, 3.05) is 16.4 Å². The molecule has 68 heavy (non-hydrogen) atoms. The lowest BCUT2D eigenvalue weighted by Crippen LogP contribution is -2.20. The molecule has 8 aromatic rings. The number of nitrogens with zero attached hydrogens (tertiary/aromatic N) is 7. The Morgan fingerprint density at radius 1 is 0.662 bits per heavy atom. The van der Waals surface area contributed by atoms with Gasteiger partial charge in [-0.1, -0.05) is 38.8 Å². The second-order valence-corrected chi connectivity index (χ2v) is 13.9. The predicted octanol–water partition coefficient (Wildman–Crippen LogP) is 11.9. The van der Waals surface area contributed by atoms with Crippen LogP contribution in [0.15, 0.2) is 139 Å². The average Bonchev–Trinajstić information content (AvgIpc) is 3.31. The Morgan fingerprint density at radius 2 is 1.19 bits per heavy atom. The SMILES string of the molecule is C.Cc1cccc(N=C=O)c1.[C-]#[N+]c1cnc2ccc(C(=O)c3ccc(N)cc3F)cc2n1.[C-]#[N+]c1cnc2ccc(C(=O)c3ccc(NC(=O)Nc4cccc(C(F)(F)F)c4)cc3F)cc2n1. The number of aliphatic imine (C=N–C) groups is 1. The minimum absolute atomic E-state index is 0. The molecule has 0 unspecified atom stereocenters. The number of aryl methyl sites for hydroxylation is 1. The fourth-order valence-corrected chi connectivity index (χ4v) is 6.01. The van der Waals surface area contributed by atoms with Gasteiger partial charge in [0.25, 0.3) is 11.6 Å². The molecule has 0 spiro atoms. The van der Waals surface area contributed by atoms with E-state index in [0.29, 0.717) is 27.8 Å². The molecule has 0 atom stereocenters. The highest BCUT2D eigenvalue weighted by atomic mass is 19.4. The van der Waals surface area contributed by atoms with Crippen LogP contribution in [0.1, 0.15) is 50.4 Å². The number of nitrogens with two attached hydrogens (primary N) is 1. The van der Waals surface area contributed by atoms with E-state index in [4.69, 9.17) is 18.9 Å². The smallest absolute Gasteiger partial charge is 0.399 e. The van der Waals surface area contributed by atoms with Gasteiger partial charge in [-0.2, -0.15) is 18.2 Å². The maximum absolute atomic E-state index is 14.7. The van der Waals surface area contributed by atoms with E-state index in [0.717, 1.165) is 35.9 Å². The summed E-state index contributed by atoms with van der Waals surface area (Å²) in [5.41, 5.74) is 8.20. The first-order valence-electron chi connectivity index (χ1n) is 19.2. The first kappa shape index (κ1) is 49.4. The number of aromatic nitrogens is 4. The van der Waals surface area contributed by atoms with Gasteiger partial charge < -0.3 is 26.1 Å². The second kappa shape index (κ2) is 21.9. The number of benzene rings is 6. The number of urea groups is 1. The van der Waals surface area contributed by atoms with Crippen molar-refractivity contribution in [2.45, 2.75) is 20.5 Å². The number of carbonyl (C=O) groups is 3. The fraction of sp³-hybridized carbons (Fsp3) is 0.0612. The Bertz CT molecular complexity index is 3360. The quantitative estimate of drug-likeness (QED) is 0.0348. The Kier molecular flexibility index (Phi) is 15.9. The molecule has 4 N–H and O–H groups in total. The number of isocyanates is 1. The number of hydrogen-bond donors (Lipinski definition) is 3. The number of nitrogens with one attached hydrogen (secondary N) is 2. The van der Waals surface area contributed by atoms with Gasteiger partial charge in [0.05, 0.1) is 34.8 Å². The van der Waals surface area contributed by atoms with E-state index < -0.39 is 41.0 Å². The minimum atomic E-state index is -4.57. The predicted molar refractivity (Wildman–Crippen MR) is 245 cm³/mol. The van der Waals surface area contributed by atoms with Gasteiger partial charge >= 0.3 is 12.2 Å². The summed E-state index contributed by atoms with van der Waals surface area (Å²) in [5.74, 6) is -2.55. The van der Waals surface area contributed by atoms with Gasteiger partial charge in [-0.15, -0.1) is 9.97 Å². The molecule has 0 radical (unpaired) electrons. The lowest BCUT2D eigenvalue weighted by atomic mass is 10.0. The van der Waals surface area contributed by atoms with E-state index in [1.807, 2.05) is 25.1 Å². The molecule has 2 amide bonds. The van der Waals surface area contributed by atoms with Crippen molar-refractivity contribution in [3.63, 3.8) is 0 Å². The van der Waals surface area contributed by atoms with Crippen LogP contribution in [-0.2, 0) is 11.0 Å². The van der Waals surface area contributed by atoms with Gasteiger partial charge in [-0.25, -0.2) is 18.4 Å². The van der Waals surface area contributed by atoms with E-state index in [1.54, 1.807) is 18.2 Å². The number of alkyl halides is 3. The van der Waals surface area contributed by atoms with E-state index in [-0.39, 0.29) is 58.4 Å². The molecule has 0 saturated carbocycles. The molecular weight excluding hydrogens is 888 g/mol. The van der Waals surface area contributed by atoms with Gasteiger partial charge in [-0.3, -0.25) is 19.6 Å². The molecule has 338 valence electrons. The second-order valence-electron chi connectivity index (χ2n) is 13.9. The summed E-state index contributed by atoms with van der Waals surface area (Å²) >= 11 is 0. The van der Waals surface area contributed by atoms with Crippen LogP contribution in [-0.4, -0.2) is 43.6 Å². The van der Waals surface area contributed by atoms with Crippen molar-refractivity contribution < 1.29 is 41.1 Å². The number of ketones is 2. The summed E-state index contributed by atoms with van der Waals surface area (Å²) in [5, 5.41) is 4.54. The highest BCUT2D eigenvalue weighted by Gasteiger charge is 2.30. The van der Waals surface area contributed by atoms with Crippen LogP contribution in [0, 0.1) is 31.7 Å². The van der Waals surface area contributed by atoms with E-state index >= 15 is 0 Å². The molecule has 0 bridgehead atoms. The van der Waals surface area contributed by atoms with Crippen molar-refractivity contribution in [1.82, 2.24) is 19.9 Å². The van der Waals surface area contributed by atoms with Crippen molar-refractivity contribution in [3.8, 4) is 0 Å². The number of nitrogen functional groups attached to an aromatic ring is 1. The van der Waals surface area contributed by atoms with E-state index in [2.05, 4.69) is 45.3 Å². The molecule has 0 aliphatic carbocycles. The zero-order chi connectivity index (χ0) is 48.3. The number of hydrogen-bond acceptors (Lipinski definition) is 10. The topological polar surface area (TPSA) is 191 Å². The average molecular weight is 921 g/mol. The Balaban J connectivity index is 0.000000221. The lowest BCUT2D eigenvalue weighted by molar-refractivity contribution is -0.137. The molecule has 0 aliphatic rings. The Hall–Kier alpha value is -9.58. The van der Waals surface area contributed by atoms with Gasteiger partial charge in [0, 0.05) is 40.3 Å². The van der Waals surface area contributed by atoms with Crippen LogP contribution < -0.4 is 16.4 Å². The maximum atomic E-state index is 14.7. The number of carbonyl (C=O) groups excluding carboxylic acids is 4. The molecule has 2 heterocycles. The number of amides is 2. The summed E-state index contributed by atoms with van der Waals surface area (Å²) in [6.07, 6.45) is -0.432. The number of anilines is 3. The van der Waals surface area contributed by atoms with Gasteiger partial charge in [0.15, 0.2) is 22.6 Å². The Labute approximate surface area is 383 Å². The largest absolute Gasteiger partial charge is 0.416 e. The third-order valence-electron chi connectivity index (χ3n) is 9.15. The highest BCUT2D eigenvalue weighted by Crippen LogP contribution is 2.31. The van der Waals surface area contributed by atoms with Crippen LogP contribution >= 0.6 is 0 Å². The molecule has 2 aromatic heterocycles. The first-order valence-corrected chi connectivity index (χ1v) is 19.2.